The quantitative estimate of drug-likeness (QED) is 0.152. The fourth-order valence-electron chi connectivity index (χ4n) is 4.43. The predicted octanol–water partition coefficient (Wildman–Crippen LogP) is 2.66. The standard InChI is InChI=1S/C24H54N3O12P3/c1-7-34-40(31,35-8-2)22(28)19-25-13-15-26(20-23(29)41(32,36-9-3)37-10-4)17-18-27(16-14-25)21-24(30)42(33,38-11-5)39-12-6/h22-24,28-30H,7-21H2,1-6H3. The van der Waals surface area contributed by atoms with Gasteiger partial charge in [-0.2, -0.15) is 0 Å². The number of rotatable bonds is 21. The van der Waals surface area contributed by atoms with Crippen LogP contribution in [0.25, 0.3) is 0 Å². The van der Waals surface area contributed by atoms with Gasteiger partial charge in [-0.05, 0) is 41.5 Å². The van der Waals surface area contributed by atoms with E-state index in [0.717, 1.165) is 0 Å². The maximum atomic E-state index is 13.2. The van der Waals surface area contributed by atoms with Crippen LogP contribution in [-0.4, -0.2) is 146 Å². The molecule has 1 aliphatic rings. The molecule has 18 heteroatoms. The summed E-state index contributed by atoms with van der Waals surface area (Å²) in [5.74, 6) is -4.24. The summed E-state index contributed by atoms with van der Waals surface area (Å²) in [5, 5.41) is 32.7. The summed E-state index contributed by atoms with van der Waals surface area (Å²) < 4.78 is 71.4. The van der Waals surface area contributed by atoms with Crippen molar-refractivity contribution in [3.05, 3.63) is 0 Å². The maximum Gasteiger partial charge on any atom is 0.360 e. The summed E-state index contributed by atoms with van der Waals surface area (Å²) in [5.41, 5.74) is 0. The van der Waals surface area contributed by atoms with Crippen LogP contribution in [-0.2, 0) is 40.8 Å². The molecule has 0 radical (unpaired) electrons. The minimum absolute atomic E-state index is 0.0309. The van der Waals surface area contributed by atoms with E-state index in [-0.39, 0.29) is 59.3 Å². The van der Waals surface area contributed by atoms with Crippen molar-refractivity contribution in [1.29, 1.82) is 0 Å². The molecule has 3 N–H and O–H groups in total. The second kappa shape index (κ2) is 20.4. The van der Waals surface area contributed by atoms with Gasteiger partial charge in [0.15, 0.2) is 17.5 Å². The molecule has 0 saturated carbocycles. The molecular weight excluding hydrogens is 615 g/mol. The van der Waals surface area contributed by atoms with Crippen LogP contribution in [0.1, 0.15) is 41.5 Å². The van der Waals surface area contributed by atoms with E-state index < -0.39 is 40.3 Å². The molecule has 3 atom stereocenters. The molecule has 42 heavy (non-hydrogen) atoms. The summed E-state index contributed by atoms with van der Waals surface area (Å²) in [4.78, 5) is 5.61. The summed E-state index contributed by atoms with van der Waals surface area (Å²) in [6, 6.07) is 0. The van der Waals surface area contributed by atoms with Crippen LogP contribution >= 0.6 is 22.8 Å². The lowest BCUT2D eigenvalue weighted by Crippen LogP contribution is -2.42. The Morgan fingerprint density at radius 1 is 0.452 bits per heavy atom. The van der Waals surface area contributed by atoms with Gasteiger partial charge in [-0.25, -0.2) is 0 Å². The average molecular weight is 670 g/mol. The number of β-amino-alcohol motifs (C(OH)–C–C–N with tert-alkyl or cyclic N) is 3. The number of aliphatic hydroxyl groups excluding tert-OH is 3. The van der Waals surface area contributed by atoms with Crippen molar-refractivity contribution in [2.45, 2.75) is 59.1 Å². The van der Waals surface area contributed by atoms with E-state index in [1.54, 1.807) is 41.5 Å². The SMILES string of the molecule is CCOP(=O)(OCC)C(O)CN1CCN(CC(O)P(=O)(OCC)OCC)CCN(CC(O)P(=O)(OCC)OCC)CC1. The van der Waals surface area contributed by atoms with Gasteiger partial charge in [-0.3, -0.25) is 28.4 Å². The molecule has 0 bridgehead atoms. The van der Waals surface area contributed by atoms with E-state index in [9.17, 15) is 29.0 Å². The highest BCUT2D eigenvalue weighted by Crippen LogP contribution is 2.53. The van der Waals surface area contributed by atoms with Gasteiger partial charge >= 0.3 is 22.8 Å². The van der Waals surface area contributed by atoms with E-state index in [1.807, 2.05) is 14.7 Å². The van der Waals surface area contributed by atoms with E-state index in [0.29, 0.717) is 39.3 Å². The van der Waals surface area contributed by atoms with Gasteiger partial charge in [0.2, 0.25) is 0 Å². The van der Waals surface area contributed by atoms with Crippen molar-refractivity contribution in [2.75, 3.05) is 98.5 Å². The van der Waals surface area contributed by atoms with Gasteiger partial charge in [-0.1, -0.05) is 0 Å². The first-order valence-corrected chi connectivity index (χ1v) is 19.6. The van der Waals surface area contributed by atoms with Gasteiger partial charge in [0.05, 0.1) is 39.6 Å². The average Bonchev–Trinajstić information content (AvgIpc) is 3.01. The van der Waals surface area contributed by atoms with Gasteiger partial charge in [0, 0.05) is 58.9 Å². The van der Waals surface area contributed by atoms with E-state index >= 15 is 0 Å². The number of nitrogens with zero attached hydrogens (tertiary/aromatic N) is 3. The predicted molar refractivity (Wildman–Crippen MR) is 160 cm³/mol. The third kappa shape index (κ3) is 12.9. The summed E-state index contributed by atoms with van der Waals surface area (Å²) in [7, 11) is -11.4. The van der Waals surface area contributed by atoms with Crippen molar-refractivity contribution >= 4 is 22.8 Å². The zero-order valence-electron chi connectivity index (χ0n) is 26.0. The fraction of sp³-hybridized carbons (Fsp3) is 1.00. The molecule has 15 nitrogen and oxygen atoms in total. The molecule has 0 aromatic carbocycles. The Kier molecular flexibility index (Phi) is 19.5. The zero-order valence-corrected chi connectivity index (χ0v) is 28.7. The van der Waals surface area contributed by atoms with Crippen molar-refractivity contribution < 1.29 is 56.2 Å². The van der Waals surface area contributed by atoms with Crippen LogP contribution in [0, 0.1) is 0 Å². The molecule has 1 aliphatic heterocycles. The summed E-state index contributed by atoms with van der Waals surface area (Å²) in [6.45, 7) is 12.9. The van der Waals surface area contributed by atoms with E-state index in [2.05, 4.69) is 0 Å². The van der Waals surface area contributed by atoms with Crippen molar-refractivity contribution in [3.63, 3.8) is 0 Å². The lowest BCUT2D eigenvalue weighted by molar-refractivity contribution is 0.0984. The highest BCUT2D eigenvalue weighted by Gasteiger charge is 2.39. The molecule has 0 amide bonds. The minimum Gasteiger partial charge on any atom is -0.379 e. The largest absolute Gasteiger partial charge is 0.379 e. The number of hydrogen-bond acceptors (Lipinski definition) is 15. The normalized spacial score (nSPS) is 19.6. The first-order valence-electron chi connectivity index (χ1n) is 14.7. The first kappa shape index (κ1) is 40.2. The van der Waals surface area contributed by atoms with Crippen LogP contribution < -0.4 is 0 Å². The first-order chi connectivity index (χ1) is 19.9. The highest BCUT2D eigenvalue weighted by atomic mass is 31.2. The highest BCUT2D eigenvalue weighted by molar-refractivity contribution is 7.55. The van der Waals surface area contributed by atoms with E-state index in [1.165, 1.54) is 0 Å². The van der Waals surface area contributed by atoms with Crippen molar-refractivity contribution in [2.24, 2.45) is 0 Å². The molecule has 0 aromatic heterocycles. The number of aliphatic hydroxyl groups is 3. The van der Waals surface area contributed by atoms with E-state index in [4.69, 9.17) is 27.1 Å². The molecule has 1 rings (SSSR count). The molecule has 252 valence electrons. The van der Waals surface area contributed by atoms with Crippen molar-refractivity contribution in [3.8, 4) is 0 Å². The fourth-order valence-corrected chi connectivity index (χ4v) is 9.14. The molecule has 3 unspecified atom stereocenters. The van der Waals surface area contributed by atoms with Gasteiger partial charge in [0.25, 0.3) is 0 Å². The molecular formula is C24H54N3O12P3. The second-order valence-corrected chi connectivity index (χ2v) is 16.0. The van der Waals surface area contributed by atoms with Crippen LogP contribution in [0.5, 0.6) is 0 Å². The van der Waals surface area contributed by atoms with Crippen LogP contribution in [0.15, 0.2) is 0 Å². The molecule has 0 spiro atoms. The zero-order chi connectivity index (χ0) is 31.8. The Balaban J connectivity index is 3.21. The maximum absolute atomic E-state index is 13.2. The lowest BCUT2D eigenvalue weighted by atomic mass is 10.4. The Hall–Kier alpha value is 0.210. The minimum atomic E-state index is -3.80. The molecule has 0 aliphatic carbocycles. The number of hydrogen-bond donors (Lipinski definition) is 3. The third-order valence-electron chi connectivity index (χ3n) is 6.41. The topological polar surface area (TPSA) is 177 Å². The monoisotopic (exact) mass is 669 g/mol. The Morgan fingerprint density at radius 3 is 0.762 bits per heavy atom. The van der Waals surface area contributed by atoms with Gasteiger partial charge in [0.1, 0.15) is 0 Å². The molecule has 1 saturated heterocycles. The summed E-state index contributed by atoms with van der Waals surface area (Å²) >= 11 is 0. The Bertz CT molecular complexity index is 738. The smallest absolute Gasteiger partial charge is 0.360 e. The Morgan fingerprint density at radius 2 is 0.619 bits per heavy atom. The second-order valence-electron chi connectivity index (χ2n) is 9.47. The third-order valence-corrected chi connectivity index (χ3v) is 12.8. The molecule has 0 aromatic rings. The van der Waals surface area contributed by atoms with Crippen LogP contribution in [0.3, 0.4) is 0 Å². The molecule has 1 heterocycles. The Labute approximate surface area is 251 Å². The summed E-state index contributed by atoms with van der Waals surface area (Å²) in [6.07, 6.45) is 0. The molecule has 1 fully saturated rings. The van der Waals surface area contributed by atoms with Gasteiger partial charge in [-0.15, -0.1) is 0 Å². The van der Waals surface area contributed by atoms with Crippen LogP contribution in [0.4, 0.5) is 0 Å². The van der Waals surface area contributed by atoms with Crippen LogP contribution in [0.2, 0.25) is 0 Å². The van der Waals surface area contributed by atoms with Crippen molar-refractivity contribution in [1.82, 2.24) is 14.7 Å². The van der Waals surface area contributed by atoms with Gasteiger partial charge < -0.3 is 42.5 Å². The lowest BCUT2D eigenvalue weighted by Gasteiger charge is -2.31.